The number of carbonyl (C=O) groups excluding carboxylic acids is 1. The molecule has 1 aromatic carbocycles. The Morgan fingerprint density at radius 1 is 1.40 bits per heavy atom. The molecule has 1 heterocycles. The summed E-state index contributed by atoms with van der Waals surface area (Å²) < 4.78 is 18.9. The lowest BCUT2D eigenvalue weighted by molar-refractivity contribution is -0.132. The summed E-state index contributed by atoms with van der Waals surface area (Å²) in [6.45, 7) is 5.22. The Labute approximate surface area is 152 Å². The Kier molecular flexibility index (Phi) is 7.31. The molecule has 1 amide bonds. The molecule has 1 fully saturated rings. The standard InChI is InChI=1S/C17H24ClFN4O2/c1-3-23(20-7-6-18)13-17(24)22-10-8-21(9-11-22)15-12-14(19)4-5-16(15)25-2/h4-5,7,12H,3,6,8-11,13H2,1-2H3/b20-7-. The summed E-state index contributed by atoms with van der Waals surface area (Å²) in [5, 5.41) is 5.84. The molecule has 1 aliphatic rings. The number of halogens is 2. The number of anilines is 1. The number of benzene rings is 1. The maximum absolute atomic E-state index is 13.6. The van der Waals surface area contributed by atoms with Gasteiger partial charge in [-0.2, -0.15) is 5.10 Å². The Balaban J connectivity index is 1.94. The van der Waals surface area contributed by atoms with Crippen LogP contribution in [0.2, 0.25) is 0 Å². The molecule has 8 heteroatoms. The third-order valence-corrected chi connectivity index (χ3v) is 4.25. The van der Waals surface area contributed by atoms with Gasteiger partial charge >= 0.3 is 0 Å². The first-order valence-corrected chi connectivity index (χ1v) is 8.82. The highest BCUT2D eigenvalue weighted by Crippen LogP contribution is 2.29. The van der Waals surface area contributed by atoms with Crippen LogP contribution in [0.25, 0.3) is 0 Å². The molecule has 0 N–H and O–H groups in total. The van der Waals surface area contributed by atoms with Gasteiger partial charge in [0.05, 0.1) is 18.7 Å². The Hall–Kier alpha value is -2.02. The predicted molar refractivity (Wildman–Crippen MR) is 98.2 cm³/mol. The number of rotatable bonds is 7. The summed E-state index contributed by atoms with van der Waals surface area (Å²) in [6, 6.07) is 4.47. The van der Waals surface area contributed by atoms with E-state index in [1.165, 1.54) is 12.1 Å². The van der Waals surface area contributed by atoms with Crippen molar-refractivity contribution in [2.45, 2.75) is 6.92 Å². The Bertz CT molecular complexity index is 606. The van der Waals surface area contributed by atoms with Crippen molar-refractivity contribution in [3.05, 3.63) is 24.0 Å². The SMILES string of the molecule is CCN(CC(=O)N1CCN(c2cc(F)ccc2OC)CC1)/N=C\CCl. The molecule has 0 saturated carbocycles. The van der Waals surface area contributed by atoms with Gasteiger partial charge in [-0.3, -0.25) is 9.80 Å². The number of ether oxygens (including phenoxy) is 1. The van der Waals surface area contributed by atoms with Crippen LogP contribution < -0.4 is 9.64 Å². The first kappa shape index (κ1) is 19.3. The maximum Gasteiger partial charge on any atom is 0.243 e. The van der Waals surface area contributed by atoms with Crippen molar-refractivity contribution in [2.75, 3.05) is 57.2 Å². The van der Waals surface area contributed by atoms with E-state index in [9.17, 15) is 9.18 Å². The topological polar surface area (TPSA) is 48.4 Å². The fraction of sp³-hybridized carbons (Fsp3) is 0.529. The molecular weight excluding hydrogens is 347 g/mol. The molecule has 6 nitrogen and oxygen atoms in total. The highest BCUT2D eigenvalue weighted by Gasteiger charge is 2.24. The molecule has 0 radical (unpaired) electrons. The highest BCUT2D eigenvalue weighted by molar-refractivity contribution is 6.24. The second-order valence-corrected chi connectivity index (χ2v) is 5.93. The van der Waals surface area contributed by atoms with E-state index >= 15 is 0 Å². The summed E-state index contributed by atoms with van der Waals surface area (Å²) in [4.78, 5) is 16.3. The van der Waals surface area contributed by atoms with Gasteiger partial charge in [-0.25, -0.2) is 4.39 Å². The molecule has 1 saturated heterocycles. The van der Waals surface area contributed by atoms with Crippen molar-refractivity contribution >= 4 is 29.4 Å². The zero-order chi connectivity index (χ0) is 18.2. The smallest absolute Gasteiger partial charge is 0.243 e. The first-order chi connectivity index (χ1) is 12.1. The van der Waals surface area contributed by atoms with Crippen molar-refractivity contribution in [3.8, 4) is 5.75 Å². The third kappa shape index (κ3) is 5.22. The molecule has 0 aliphatic carbocycles. The van der Waals surface area contributed by atoms with E-state index in [-0.39, 0.29) is 18.3 Å². The number of hydrogen-bond donors (Lipinski definition) is 0. The minimum atomic E-state index is -0.301. The van der Waals surface area contributed by atoms with Crippen LogP contribution in [0.15, 0.2) is 23.3 Å². The summed E-state index contributed by atoms with van der Waals surface area (Å²) in [5.74, 6) is 0.678. The maximum atomic E-state index is 13.6. The van der Waals surface area contributed by atoms with E-state index in [0.717, 1.165) is 5.69 Å². The van der Waals surface area contributed by atoms with E-state index in [1.807, 2.05) is 11.8 Å². The van der Waals surface area contributed by atoms with Gasteiger partial charge in [0.1, 0.15) is 18.1 Å². The van der Waals surface area contributed by atoms with E-state index < -0.39 is 0 Å². The molecule has 0 spiro atoms. The second kappa shape index (κ2) is 9.46. The van der Waals surface area contributed by atoms with Crippen molar-refractivity contribution in [1.29, 1.82) is 0 Å². The van der Waals surface area contributed by atoms with E-state index in [1.54, 1.807) is 29.3 Å². The van der Waals surface area contributed by atoms with Crippen molar-refractivity contribution in [1.82, 2.24) is 9.91 Å². The normalized spacial score (nSPS) is 14.9. The highest BCUT2D eigenvalue weighted by atomic mass is 35.5. The van der Waals surface area contributed by atoms with Gasteiger partial charge in [0.25, 0.3) is 0 Å². The number of hydrogen-bond acceptors (Lipinski definition) is 5. The molecule has 25 heavy (non-hydrogen) atoms. The zero-order valence-corrected chi connectivity index (χ0v) is 15.4. The average molecular weight is 371 g/mol. The third-order valence-electron chi connectivity index (χ3n) is 4.11. The largest absolute Gasteiger partial charge is 0.495 e. The minimum Gasteiger partial charge on any atom is -0.495 e. The Morgan fingerprint density at radius 2 is 2.12 bits per heavy atom. The molecule has 1 aliphatic heterocycles. The van der Waals surface area contributed by atoms with E-state index in [2.05, 4.69) is 5.10 Å². The van der Waals surface area contributed by atoms with Crippen LogP contribution in [0.4, 0.5) is 10.1 Å². The number of likely N-dealkylation sites (N-methyl/N-ethyl adjacent to an activating group) is 1. The van der Waals surface area contributed by atoms with Crippen LogP contribution in [0.1, 0.15) is 6.92 Å². The fourth-order valence-corrected chi connectivity index (χ4v) is 2.81. The lowest BCUT2D eigenvalue weighted by atomic mass is 10.2. The average Bonchev–Trinajstić information content (AvgIpc) is 2.65. The number of piperazine rings is 1. The van der Waals surface area contributed by atoms with Crippen molar-refractivity contribution < 1.29 is 13.9 Å². The summed E-state index contributed by atoms with van der Waals surface area (Å²) >= 11 is 5.58. The van der Waals surface area contributed by atoms with Crippen molar-refractivity contribution in [2.24, 2.45) is 5.10 Å². The van der Waals surface area contributed by atoms with Crippen LogP contribution in [0, 0.1) is 5.82 Å². The molecule has 0 unspecified atom stereocenters. The minimum absolute atomic E-state index is 0.0272. The molecule has 0 aromatic heterocycles. The van der Waals surface area contributed by atoms with Gasteiger partial charge in [-0.05, 0) is 19.1 Å². The van der Waals surface area contributed by atoms with Crippen LogP contribution in [0.3, 0.4) is 0 Å². The molecule has 138 valence electrons. The number of methoxy groups -OCH3 is 1. The first-order valence-electron chi connectivity index (χ1n) is 8.28. The fourth-order valence-electron chi connectivity index (χ4n) is 2.74. The number of nitrogens with zero attached hydrogens (tertiary/aromatic N) is 4. The van der Waals surface area contributed by atoms with Crippen LogP contribution in [-0.2, 0) is 4.79 Å². The molecule has 2 rings (SSSR count). The predicted octanol–water partition coefficient (Wildman–Crippen LogP) is 2.03. The quantitative estimate of drug-likeness (QED) is 0.418. The van der Waals surface area contributed by atoms with E-state index in [4.69, 9.17) is 16.3 Å². The van der Waals surface area contributed by atoms with Crippen LogP contribution in [0.5, 0.6) is 5.75 Å². The van der Waals surface area contributed by atoms with Gasteiger partial charge in [0.2, 0.25) is 5.91 Å². The second-order valence-electron chi connectivity index (χ2n) is 5.62. The summed E-state index contributed by atoms with van der Waals surface area (Å²) in [7, 11) is 1.57. The van der Waals surface area contributed by atoms with E-state index in [0.29, 0.717) is 44.4 Å². The van der Waals surface area contributed by atoms with Gasteiger partial charge in [0, 0.05) is 45.0 Å². The van der Waals surface area contributed by atoms with Gasteiger partial charge in [-0.15, -0.1) is 11.6 Å². The van der Waals surface area contributed by atoms with Crippen LogP contribution >= 0.6 is 11.6 Å². The van der Waals surface area contributed by atoms with Crippen molar-refractivity contribution in [3.63, 3.8) is 0 Å². The number of hydrazone groups is 1. The lowest BCUT2D eigenvalue weighted by Gasteiger charge is -2.37. The van der Waals surface area contributed by atoms with Gasteiger partial charge in [0.15, 0.2) is 0 Å². The monoisotopic (exact) mass is 370 g/mol. The van der Waals surface area contributed by atoms with Gasteiger partial charge in [-0.1, -0.05) is 0 Å². The number of carbonyl (C=O) groups is 1. The van der Waals surface area contributed by atoms with Gasteiger partial charge < -0.3 is 14.5 Å². The number of amides is 1. The zero-order valence-electron chi connectivity index (χ0n) is 14.6. The lowest BCUT2D eigenvalue weighted by Crippen LogP contribution is -2.51. The molecule has 1 aromatic rings. The summed E-state index contributed by atoms with van der Waals surface area (Å²) in [5.41, 5.74) is 0.719. The Morgan fingerprint density at radius 3 is 2.72 bits per heavy atom. The number of alkyl halides is 1. The molecular formula is C17H24ClFN4O2. The summed E-state index contributed by atoms with van der Waals surface area (Å²) in [6.07, 6.45) is 1.58. The molecule has 0 atom stereocenters. The molecule has 0 bridgehead atoms. The van der Waals surface area contributed by atoms with Crippen LogP contribution in [-0.4, -0.2) is 74.3 Å².